The van der Waals surface area contributed by atoms with Crippen molar-refractivity contribution in [3.05, 3.63) is 46.8 Å². The molecule has 1 aromatic heterocycles. The number of rotatable bonds is 4. The Balaban J connectivity index is 2.11. The fraction of sp³-hybridized carbons (Fsp3) is 0.357. The number of hydrogen-bond donors (Lipinski definition) is 0. The van der Waals surface area contributed by atoms with Gasteiger partial charge in [0.05, 0.1) is 19.3 Å². The molecule has 2 aromatic rings. The molecule has 0 fully saturated rings. The van der Waals surface area contributed by atoms with Crippen LogP contribution < -0.4 is 0 Å². The molecule has 0 amide bonds. The van der Waals surface area contributed by atoms with Crippen molar-refractivity contribution in [2.75, 3.05) is 6.61 Å². The first-order chi connectivity index (χ1) is 9.10. The Kier molecular flexibility index (Phi) is 3.94. The van der Waals surface area contributed by atoms with Gasteiger partial charge in [0.15, 0.2) is 5.69 Å². The molecule has 19 heavy (non-hydrogen) atoms. The van der Waals surface area contributed by atoms with Crippen molar-refractivity contribution in [3.8, 4) is 0 Å². The molecule has 100 valence electrons. The quantitative estimate of drug-likeness (QED) is 0.789. The van der Waals surface area contributed by atoms with Crippen LogP contribution in [0.5, 0.6) is 0 Å². The second kappa shape index (κ2) is 5.65. The number of benzene rings is 1. The van der Waals surface area contributed by atoms with Crippen molar-refractivity contribution in [2.24, 2.45) is 0 Å². The van der Waals surface area contributed by atoms with Gasteiger partial charge in [-0.2, -0.15) is 0 Å². The van der Waals surface area contributed by atoms with Gasteiger partial charge in [0.1, 0.15) is 0 Å². The lowest BCUT2D eigenvalue weighted by molar-refractivity contribution is 0.0519. The molecule has 1 aromatic carbocycles. The third kappa shape index (κ3) is 3.19. The topological polar surface area (TPSA) is 57.0 Å². The summed E-state index contributed by atoms with van der Waals surface area (Å²) in [4.78, 5) is 11.5. The number of carbonyl (C=O) groups is 1. The van der Waals surface area contributed by atoms with Crippen LogP contribution in [0.1, 0.15) is 34.1 Å². The Labute approximate surface area is 112 Å². The summed E-state index contributed by atoms with van der Waals surface area (Å²) in [7, 11) is 0. The third-order valence-corrected chi connectivity index (χ3v) is 2.94. The summed E-state index contributed by atoms with van der Waals surface area (Å²) in [5.41, 5.74) is 3.87. The van der Waals surface area contributed by atoms with E-state index in [0.717, 1.165) is 5.56 Å². The lowest BCUT2D eigenvalue weighted by Gasteiger charge is -2.04. The van der Waals surface area contributed by atoms with Gasteiger partial charge in [-0.1, -0.05) is 23.4 Å². The summed E-state index contributed by atoms with van der Waals surface area (Å²) in [6.45, 7) is 6.84. The van der Waals surface area contributed by atoms with Gasteiger partial charge in [-0.25, -0.2) is 9.48 Å². The highest BCUT2D eigenvalue weighted by Crippen LogP contribution is 2.11. The van der Waals surface area contributed by atoms with E-state index in [1.54, 1.807) is 17.8 Å². The largest absolute Gasteiger partial charge is 0.461 e. The van der Waals surface area contributed by atoms with E-state index in [1.165, 1.54) is 11.1 Å². The smallest absolute Gasteiger partial charge is 0.360 e. The van der Waals surface area contributed by atoms with E-state index in [9.17, 15) is 4.79 Å². The van der Waals surface area contributed by atoms with Crippen LogP contribution in [0.2, 0.25) is 0 Å². The highest BCUT2D eigenvalue weighted by molar-refractivity contribution is 5.86. The first-order valence-electron chi connectivity index (χ1n) is 6.23. The lowest BCUT2D eigenvalue weighted by Crippen LogP contribution is -2.05. The van der Waals surface area contributed by atoms with E-state index in [0.29, 0.717) is 13.2 Å². The van der Waals surface area contributed by atoms with Crippen LogP contribution in [0.25, 0.3) is 0 Å². The minimum absolute atomic E-state index is 0.241. The highest BCUT2D eigenvalue weighted by Gasteiger charge is 2.11. The van der Waals surface area contributed by atoms with E-state index in [-0.39, 0.29) is 5.69 Å². The summed E-state index contributed by atoms with van der Waals surface area (Å²) in [5, 5.41) is 7.74. The van der Waals surface area contributed by atoms with Gasteiger partial charge in [0.2, 0.25) is 0 Å². The molecule has 0 saturated heterocycles. The van der Waals surface area contributed by atoms with Crippen molar-refractivity contribution < 1.29 is 9.53 Å². The number of ether oxygens (including phenoxy) is 1. The average molecular weight is 259 g/mol. The number of nitrogens with zero attached hydrogens (tertiary/aromatic N) is 3. The summed E-state index contributed by atoms with van der Waals surface area (Å²) in [6.07, 6.45) is 1.60. The Hall–Kier alpha value is -2.17. The van der Waals surface area contributed by atoms with Crippen LogP contribution in [0.15, 0.2) is 24.4 Å². The van der Waals surface area contributed by atoms with Gasteiger partial charge in [-0.3, -0.25) is 0 Å². The molecule has 0 aliphatic heterocycles. The summed E-state index contributed by atoms with van der Waals surface area (Å²) in [5.74, 6) is -0.436. The predicted molar refractivity (Wildman–Crippen MR) is 71.0 cm³/mol. The van der Waals surface area contributed by atoms with Crippen LogP contribution in [0.3, 0.4) is 0 Å². The van der Waals surface area contributed by atoms with Gasteiger partial charge in [0.25, 0.3) is 0 Å². The molecule has 0 aliphatic rings. The molecule has 0 saturated carbocycles. The minimum atomic E-state index is -0.436. The van der Waals surface area contributed by atoms with Gasteiger partial charge < -0.3 is 4.74 Å². The lowest BCUT2D eigenvalue weighted by atomic mass is 10.1. The number of aryl methyl sites for hydroxylation is 2. The molecule has 0 spiro atoms. The number of esters is 1. The molecule has 5 heteroatoms. The zero-order chi connectivity index (χ0) is 13.8. The maximum Gasteiger partial charge on any atom is 0.360 e. The molecule has 0 N–H and O–H groups in total. The molecule has 0 atom stereocenters. The molecule has 0 radical (unpaired) electrons. The van der Waals surface area contributed by atoms with Crippen molar-refractivity contribution in [1.29, 1.82) is 0 Å². The van der Waals surface area contributed by atoms with Crippen LogP contribution >= 0.6 is 0 Å². The average Bonchev–Trinajstić information content (AvgIpc) is 2.83. The van der Waals surface area contributed by atoms with E-state index in [4.69, 9.17) is 4.74 Å². The SMILES string of the molecule is CCOC(=O)c1cn(Cc2ccc(C)c(C)c2)nn1. The summed E-state index contributed by atoms with van der Waals surface area (Å²) >= 11 is 0. The fourth-order valence-electron chi connectivity index (χ4n) is 1.76. The molecule has 2 rings (SSSR count). The van der Waals surface area contributed by atoms with Crippen molar-refractivity contribution in [2.45, 2.75) is 27.3 Å². The van der Waals surface area contributed by atoms with Gasteiger partial charge in [0, 0.05) is 0 Å². The van der Waals surface area contributed by atoms with Crippen LogP contribution in [0, 0.1) is 13.8 Å². The number of aromatic nitrogens is 3. The van der Waals surface area contributed by atoms with Gasteiger partial charge in [-0.15, -0.1) is 5.10 Å². The van der Waals surface area contributed by atoms with Crippen molar-refractivity contribution >= 4 is 5.97 Å². The fourth-order valence-corrected chi connectivity index (χ4v) is 1.76. The minimum Gasteiger partial charge on any atom is -0.461 e. The first-order valence-corrected chi connectivity index (χ1v) is 6.23. The molecular weight excluding hydrogens is 242 g/mol. The molecule has 0 bridgehead atoms. The van der Waals surface area contributed by atoms with Crippen molar-refractivity contribution in [3.63, 3.8) is 0 Å². The zero-order valence-corrected chi connectivity index (χ0v) is 11.4. The Morgan fingerprint density at radius 3 is 2.79 bits per heavy atom. The highest BCUT2D eigenvalue weighted by atomic mass is 16.5. The van der Waals surface area contributed by atoms with Gasteiger partial charge >= 0.3 is 5.97 Å². The number of hydrogen-bond acceptors (Lipinski definition) is 4. The van der Waals surface area contributed by atoms with Crippen LogP contribution in [-0.4, -0.2) is 27.6 Å². The molecule has 5 nitrogen and oxygen atoms in total. The van der Waals surface area contributed by atoms with Gasteiger partial charge in [-0.05, 0) is 37.5 Å². The standard InChI is InChI=1S/C14H17N3O2/c1-4-19-14(18)13-9-17(16-15-13)8-12-6-5-10(2)11(3)7-12/h5-7,9H,4,8H2,1-3H3. The summed E-state index contributed by atoms with van der Waals surface area (Å²) < 4.78 is 6.51. The first kappa shape index (κ1) is 13.3. The molecule has 1 heterocycles. The molecule has 0 unspecified atom stereocenters. The van der Waals surface area contributed by atoms with E-state index in [2.05, 4.69) is 36.3 Å². The van der Waals surface area contributed by atoms with E-state index >= 15 is 0 Å². The Morgan fingerprint density at radius 1 is 1.32 bits per heavy atom. The third-order valence-electron chi connectivity index (χ3n) is 2.94. The second-order valence-electron chi connectivity index (χ2n) is 4.44. The summed E-state index contributed by atoms with van der Waals surface area (Å²) in [6, 6.07) is 6.24. The van der Waals surface area contributed by atoms with Crippen LogP contribution in [-0.2, 0) is 11.3 Å². The normalized spacial score (nSPS) is 10.5. The maximum atomic E-state index is 11.5. The second-order valence-corrected chi connectivity index (χ2v) is 4.44. The predicted octanol–water partition coefficient (Wildman–Crippen LogP) is 2.12. The Bertz CT molecular complexity index is 590. The van der Waals surface area contributed by atoms with Crippen molar-refractivity contribution in [1.82, 2.24) is 15.0 Å². The number of carbonyl (C=O) groups excluding carboxylic acids is 1. The zero-order valence-electron chi connectivity index (χ0n) is 11.4. The maximum absolute atomic E-state index is 11.5. The van der Waals surface area contributed by atoms with E-state index < -0.39 is 5.97 Å². The monoisotopic (exact) mass is 259 g/mol. The molecular formula is C14H17N3O2. The van der Waals surface area contributed by atoms with Crippen LogP contribution in [0.4, 0.5) is 0 Å². The molecule has 0 aliphatic carbocycles. The Morgan fingerprint density at radius 2 is 2.11 bits per heavy atom. The van der Waals surface area contributed by atoms with E-state index in [1.807, 2.05) is 6.07 Å².